The molecule has 1 fully saturated rings. The van der Waals surface area contributed by atoms with E-state index in [1.165, 1.54) is 18.4 Å². The van der Waals surface area contributed by atoms with E-state index in [9.17, 15) is 5.11 Å². The topological polar surface area (TPSA) is 32.7 Å². The van der Waals surface area contributed by atoms with Crippen molar-refractivity contribution in [3.05, 3.63) is 29.8 Å². The van der Waals surface area contributed by atoms with E-state index in [1.54, 1.807) is 0 Å². The summed E-state index contributed by atoms with van der Waals surface area (Å²) < 4.78 is 5.74. The first-order valence-electron chi connectivity index (χ1n) is 8.21. The van der Waals surface area contributed by atoms with Gasteiger partial charge in [-0.3, -0.25) is 0 Å². The van der Waals surface area contributed by atoms with Crippen LogP contribution in [0.5, 0.6) is 5.75 Å². The predicted octanol–water partition coefficient (Wildman–Crippen LogP) is 3.18. The first kappa shape index (κ1) is 14.9. The fourth-order valence-corrected chi connectivity index (χ4v) is 4.22. The minimum atomic E-state index is -0.258. The molecule has 1 heterocycles. The van der Waals surface area contributed by atoms with Gasteiger partial charge in [0.05, 0.1) is 12.7 Å². The number of ether oxygens (including phenoxy) is 1. The van der Waals surface area contributed by atoms with Crippen molar-refractivity contribution in [2.75, 3.05) is 20.7 Å². The Kier molecular flexibility index (Phi) is 4.23. The molecule has 0 aromatic heterocycles. The molecule has 0 radical (unpaired) electrons. The summed E-state index contributed by atoms with van der Waals surface area (Å²) in [6.45, 7) is 0.767. The molecule has 2 unspecified atom stereocenters. The second-order valence-electron chi connectivity index (χ2n) is 6.83. The summed E-state index contributed by atoms with van der Waals surface area (Å²) in [6, 6.07) is 8.30. The summed E-state index contributed by atoms with van der Waals surface area (Å²) in [5.74, 6) is 1.42. The smallest absolute Gasteiger partial charge is 0.122 e. The summed E-state index contributed by atoms with van der Waals surface area (Å²) in [7, 11) is 4.24. The fourth-order valence-electron chi connectivity index (χ4n) is 4.22. The molecule has 3 heteroatoms. The second-order valence-corrected chi connectivity index (χ2v) is 6.83. The first-order chi connectivity index (χ1) is 10.1. The normalized spacial score (nSPS) is 25.4. The Labute approximate surface area is 127 Å². The predicted molar refractivity (Wildman–Crippen MR) is 84.8 cm³/mol. The number of likely N-dealkylation sites (N-methyl/N-ethyl adjacent to an activating group) is 1. The number of rotatable bonds is 4. The minimum absolute atomic E-state index is 0.0206. The molecule has 1 N–H and O–H groups in total. The van der Waals surface area contributed by atoms with Gasteiger partial charge in [0, 0.05) is 5.54 Å². The van der Waals surface area contributed by atoms with Crippen molar-refractivity contribution in [3.8, 4) is 5.75 Å². The maximum absolute atomic E-state index is 11.0. The zero-order chi connectivity index (χ0) is 14.9. The van der Waals surface area contributed by atoms with Gasteiger partial charge in [-0.05, 0) is 57.3 Å². The maximum atomic E-state index is 11.0. The molecule has 0 saturated heterocycles. The highest BCUT2D eigenvalue weighted by atomic mass is 16.5. The quantitative estimate of drug-likeness (QED) is 0.924. The molecule has 3 rings (SSSR count). The Morgan fingerprint density at radius 2 is 2.00 bits per heavy atom. The number of aliphatic hydroxyl groups is 1. The third-order valence-corrected chi connectivity index (χ3v) is 5.57. The summed E-state index contributed by atoms with van der Waals surface area (Å²) in [6.07, 6.45) is 6.30. The molecule has 0 bridgehead atoms. The van der Waals surface area contributed by atoms with Gasteiger partial charge in [-0.1, -0.05) is 31.0 Å². The van der Waals surface area contributed by atoms with Crippen molar-refractivity contribution in [1.29, 1.82) is 0 Å². The Morgan fingerprint density at radius 3 is 2.71 bits per heavy atom. The number of hydrogen-bond donors (Lipinski definition) is 1. The second kappa shape index (κ2) is 5.98. The van der Waals surface area contributed by atoms with E-state index in [2.05, 4.69) is 31.1 Å². The first-order valence-corrected chi connectivity index (χ1v) is 8.21. The lowest BCUT2D eigenvalue weighted by Crippen LogP contribution is -2.52. The Balaban J connectivity index is 1.78. The van der Waals surface area contributed by atoms with Gasteiger partial charge in [-0.15, -0.1) is 0 Å². The molecule has 116 valence electrons. The van der Waals surface area contributed by atoms with Gasteiger partial charge in [0.25, 0.3) is 0 Å². The number of aliphatic hydroxyl groups excluding tert-OH is 1. The van der Waals surface area contributed by atoms with Crippen molar-refractivity contribution >= 4 is 0 Å². The van der Waals surface area contributed by atoms with Crippen molar-refractivity contribution in [3.63, 3.8) is 0 Å². The summed E-state index contributed by atoms with van der Waals surface area (Å²) in [5, 5.41) is 11.0. The lowest BCUT2D eigenvalue weighted by Gasteiger charge is -2.42. The largest absolute Gasteiger partial charge is 0.493 e. The molecule has 0 amide bonds. The van der Waals surface area contributed by atoms with Gasteiger partial charge in [-0.25, -0.2) is 0 Å². The van der Waals surface area contributed by atoms with E-state index in [0.717, 1.165) is 38.0 Å². The summed E-state index contributed by atoms with van der Waals surface area (Å²) in [4.78, 5) is 2.26. The number of para-hydroxylation sites is 1. The van der Waals surface area contributed by atoms with E-state index in [-0.39, 0.29) is 11.6 Å². The van der Waals surface area contributed by atoms with Crippen LogP contribution in [0.2, 0.25) is 0 Å². The van der Waals surface area contributed by atoms with Gasteiger partial charge in [0.2, 0.25) is 0 Å². The highest BCUT2D eigenvalue weighted by Crippen LogP contribution is 2.42. The molecule has 1 aliphatic carbocycles. The summed E-state index contributed by atoms with van der Waals surface area (Å²) in [5.41, 5.74) is 1.25. The van der Waals surface area contributed by atoms with E-state index in [0.29, 0.717) is 5.92 Å². The van der Waals surface area contributed by atoms with Crippen molar-refractivity contribution in [1.82, 2.24) is 4.90 Å². The standard InChI is InChI=1S/C18H27NO2/c1-19(2)18(10-5-6-11-18)17(20)13-14-9-12-21-16-8-4-3-7-15(14)16/h3-4,7-8,14,17,20H,5-6,9-13H2,1-2H3. The zero-order valence-corrected chi connectivity index (χ0v) is 13.2. The van der Waals surface area contributed by atoms with Gasteiger partial charge in [-0.2, -0.15) is 0 Å². The lowest BCUT2D eigenvalue weighted by atomic mass is 9.80. The van der Waals surface area contributed by atoms with E-state index in [1.807, 2.05) is 12.1 Å². The van der Waals surface area contributed by atoms with E-state index in [4.69, 9.17) is 4.74 Å². The van der Waals surface area contributed by atoms with Crippen LogP contribution in [0.15, 0.2) is 24.3 Å². The van der Waals surface area contributed by atoms with Crippen LogP contribution in [0.25, 0.3) is 0 Å². The molecular weight excluding hydrogens is 262 g/mol. The lowest BCUT2D eigenvalue weighted by molar-refractivity contribution is -0.0136. The Bertz CT molecular complexity index is 480. The highest BCUT2D eigenvalue weighted by molar-refractivity contribution is 5.37. The molecule has 1 aromatic rings. The van der Waals surface area contributed by atoms with Crippen LogP contribution in [0.1, 0.15) is 50.0 Å². The number of benzene rings is 1. The third-order valence-electron chi connectivity index (χ3n) is 5.57. The zero-order valence-electron chi connectivity index (χ0n) is 13.2. The van der Waals surface area contributed by atoms with Gasteiger partial charge in [0.15, 0.2) is 0 Å². The van der Waals surface area contributed by atoms with E-state index >= 15 is 0 Å². The molecule has 0 spiro atoms. The summed E-state index contributed by atoms with van der Waals surface area (Å²) >= 11 is 0. The average Bonchev–Trinajstić information content (AvgIpc) is 2.98. The molecule has 2 atom stereocenters. The van der Waals surface area contributed by atoms with Gasteiger partial charge < -0.3 is 14.7 Å². The highest BCUT2D eigenvalue weighted by Gasteiger charge is 2.43. The number of nitrogens with zero attached hydrogens (tertiary/aromatic N) is 1. The molecule has 1 aliphatic heterocycles. The van der Waals surface area contributed by atoms with Crippen LogP contribution in [-0.2, 0) is 0 Å². The van der Waals surface area contributed by atoms with E-state index < -0.39 is 0 Å². The van der Waals surface area contributed by atoms with Crippen LogP contribution in [0, 0.1) is 0 Å². The molecule has 2 aliphatic rings. The van der Waals surface area contributed by atoms with Crippen molar-refractivity contribution in [2.45, 2.75) is 56.1 Å². The van der Waals surface area contributed by atoms with Crippen LogP contribution < -0.4 is 4.74 Å². The molecule has 1 saturated carbocycles. The number of fused-ring (bicyclic) bond motifs is 1. The SMILES string of the molecule is CN(C)C1(C(O)CC2CCOc3ccccc32)CCCC1. The van der Waals surface area contributed by atoms with Crippen LogP contribution >= 0.6 is 0 Å². The Morgan fingerprint density at radius 1 is 1.29 bits per heavy atom. The molecule has 3 nitrogen and oxygen atoms in total. The van der Waals surface area contributed by atoms with Gasteiger partial charge in [0.1, 0.15) is 5.75 Å². The van der Waals surface area contributed by atoms with Crippen LogP contribution in [0.3, 0.4) is 0 Å². The Hall–Kier alpha value is -1.06. The van der Waals surface area contributed by atoms with Crippen molar-refractivity contribution < 1.29 is 9.84 Å². The van der Waals surface area contributed by atoms with Crippen LogP contribution in [0.4, 0.5) is 0 Å². The maximum Gasteiger partial charge on any atom is 0.122 e. The minimum Gasteiger partial charge on any atom is -0.493 e. The third kappa shape index (κ3) is 2.69. The fraction of sp³-hybridized carbons (Fsp3) is 0.667. The van der Waals surface area contributed by atoms with Crippen LogP contribution in [-0.4, -0.2) is 42.4 Å². The molecule has 21 heavy (non-hydrogen) atoms. The molecular formula is C18H27NO2. The van der Waals surface area contributed by atoms with Gasteiger partial charge >= 0.3 is 0 Å². The average molecular weight is 289 g/mol. The molecule has 1 aromatic carbocycles. The number of hydrogen-bond acceptors (Lipinski definition) is 3. The monoisotopic (exact) mass is 289 g/mol. The van der Waals surface area contributed by atoms with Crippen molar-refractivity contribution in [2.24, 2.45) is 0 Å².